The molecule has 3 N–H and O–H groups in total. The molecule has 0 saturated heterocycles. The lowest BCUT2D eigenvalue weighted by atomic mass is 10.2. The zero-order valence-corrected chi connectivity index (χ0v) is 12.0. The summed E-state index contributed by atoms with van der Waals surface area (Å²) in [5.41, 5.74) is 6.41. The highest BCUT2D eigenvalue weighted by molar-refractivity contribution is 14.1. The molecule has 1 aromatic carbocycles. The van der Waals surface area contributed by atoms with Crippen LogP contribution in [0.25, 0.3) is 0 Å². The molecule has 0 aliphatic rings. The molecule has 0 aliphatic heterocycles. The molecule has 3 nitrogen and oxygen atoms in total. The van der Waals surface area contributed by atoms with E-state index in [1.54, 1.807) is 0 Å². The van der Waals surface area contributed by atoms with Crippen LogP contribution in [0.15, 0.2) is 24.3 Å². The van der Waals surface area contributed by atoms with Crippen LogP contribution >= 0.6 is 35.0 Å². The van der Waals surface area contributed by atoms with Gasteiger partial charge in [0, 0.05) is 21.7 Å². The normalized spacial score (nSPS) is 11.4. The second kappa shape index (κ2) is 7.86. The number of anilines is 1. The van der Waals surface area contributed by atoms with Gasteiger partial charge in [0.05, 0.1) is 0 Å². The van der Waals surface area contributed by atoms with Crippen LogP contribution in [-0.2, 0) is 4.79 Å². The Morgan fingerprint density at radius 1 is 1.44 bits per heavy atom. The molecule has 0 bridgehead atoms. The number of carbonyl (C=O) groups excluding carboxylic acids is 1. The maximum absolute atomic E-state index is 11.4. The average molecular weight is 355 g/mol. The molecule has 1 amide bonds. The summed E-state index contributed by atoms with van der Waals surface area (Å²) in [5.74, 6) is 0.0218. The molecule has 0 spiro atoms. The molecular weight excluding hydrogens is 338 g/mol. The van der Waals surface area contributed by atoms with Gasteiger partial charge in [0.15, 0.2) is 0 Å². The van der Waals surface area contributed by atoms with E-state index in [9.17, 15) is 4.79 Å². The molecule has 0 saturated carbocycles. The van der Waals surface area contributed by atoms with Gasteiger partial charge in [0.2, 0.25) is 5.91 Å². The molecule has 16 heavy (non-hydrogen) atoms. The van der Waals surface area contributed by atoms with Crippen molar-refractivity contribution in [1.82, 2.24) is 0 Å². The molecule has 0 heterocycles. The molecule has 90 valence electrons. The van der Waals surface area contributed by atoms with E-state index in [2.05, 4.69) is 27.9 Å². The summed E-state index contributed by atoms with van der Waals surface area (Å²) in [6.07, 6.45) is 1.19. The van der Waals surface area contributed by atoms with Gasteiger partial charge in [0.25, 0.3) is 0 Å². The lowest BCUT2D eigenvalue weighted by molar-refractivity contribution is -0.116. The van der Waals surface area contributed by atoms with E-state index in [1.807, 2.05) is 31.2 Å². The number of benzene rings is 1. The molecule has 0 aliphatic carbocycles. The zero-order valence-electron chi connectivity index (χ0n) is 9.07. The first kappa shape index (κ1) is 15.7. The maximum Gasteiger partial charge on any atom is 0.224 e. The van der Waals surface area contributed by atoms with Gasteiger partial charge in [-0.3, -0.25) is 4.79 Å². The summed E-state index contributed by atoms with van der Waals surface area (Å²) in [6.45, 7) is 1.90. The summed E-state index contributed by atoms with van der Waals surface area (Å²) in [7, 11) is 0. The van der Waals surface area contributed by atoms with Gasteiger partial charge in [-0.15, -0.1) is 12.4 Å². The quantitative estimate of drug-likeness (QED) is 0.817. The first-order chi connectivity index (χ1) is 7.08. The predicted octanol–water partition coefficient (Wildman–Crippen LogP) is 2.78. The van der Waals surface area contributed by atoms with E-state index in [0.717, 1.165) is 15.7 Å². The smallest absolute Gasteiger partial charge is 0.224 e. The van der Waals surface area contributed by atoms with Crippen molar-refractivity contribution in [3.63, 3.8) is 0 Å². The molecule has 1 unspecified atom stereocenters. The van der Waals surface area contributed by atoms with Crippen LogP contribution in [0.3, 0.4) is 0 Å². The number of hydrogen-bond acceptors (Lipinski definition) is 2. The van der Waals surface area contributed by atoms with Gasteiger partial charge in [-0.25, -0.2) is 0 Å². The topological polar surface area (TPSA) is 55.1 Å². The third kappa shape index (κ3) is 6.30. The fourth-order valence-electron chi connectivity index (χ4n) is 1.12. The minimum absolute atomic E-state index is 0. The van der Waals surface area contributed by atoms with Gasteiger partial charge < -0.3 is 11.1 Å². The van der Waals surface area contributed by atoms with Crippen LogP contribution in [0.1, 0.15) is 19.8 Å². The number of nitrogens with two attached hydrogens (primary N) is 1. The summed E-state index contributed by atoms with van der Waals surface area (Å²) in [5, 5.41) is 2.83. The Bertz CT molecular complexity index is 327. The average Bonchev–Trinajstić information content (AvgIpc) is 2.19. The highest BCUT2D eigenvalue weighted by Crippen LogP contribution is 2.11. The summed E-state index contributed by atoms with van der Waals surface area (Å²) in [6, 6.07) is 7.79. The van der Waals surface area contributed by atoms with Gasteiger partial charge in [-0.05, 0) is 60.2 Å². The monoisotopic (exact) mass is 354 g/mol. The lowest BCUT2D eigenvalue weighted by Gasteiger charge is -2.06. The van der Waals surface area contributed by atoms with Gasteiger partial charge >= 0.3 is 0 Å². The van der Waals surface area contributed by atoms with Crippen molar-refractivity contribution < 1.29 is 4.79 Å². The first-order valence-corrected chi connectivity index (χ1v) is 5.97. The minimum Gasteiger partial charge on any atom is -0.328 e. The Kier molecular flexibility index (Phi) is 7.70. The molecule has 0 radical (unpaired) electrons. The second-order valence-electron chi connectivity index (χ2n) is 3.57. The third-order valence-electron chi connectivity index (χ3n) is 1.95. The van der Waals surface area contributed by atoms with Crippen LogP contribution in [0.4, 0.5) is 5.69 Å². The number of amides is 1. The van der Waals surface area contributed by atoms with Crippen molar-refractivity contribution in [3.05, 3.63) is 27.8 Å². The number of nitrogens with one attached hydrogen (secondary N) is 1. The maximum atomic E-state index is 11.4. The number of halogens is 2. The van der Waals surface area contributed by atoms with Crippen molar-refractivity contribution in [2.75, 3.05) is 5.32 Å². The van der Waals surface area contributed by atoms with Gasteiger partial charge in [0.1, 0.15) is 0 Å². The largest absolute Gasteiger partial charge is 0.328 e. The van der Waals surface area contributed by atoms with E-state index >= 15 is 0 Å². The van der Waals surface area contributed by atoms with Crippen molar-refractivity contribution in [2.24, 2.45) is 5.73 Å². The Balaban J connectivity index is 0.00000225. The van der Waals surface area contributed by atoms with E-state index in [0.29, 0.717) is 6.42 Å². The number of hydrogen-bond donors (Lipinski definition) is 2. The third-order valence-corrected chi connectivity index (χ3v) is 2.67. The van der Waals surface area contributed by atoms with E-state index in [-0.39, 0.29) is 24.4 Å². The van der Waals surface area contributed by atoms with E-state index in [4.69, 9.17) is 5.73 Å². The van der Waals surface area contributed by atoms with E-state index < -0.39 is 0 Å². The van der Waals surface area contributed by atoms with Crippen molar-refractivity contribution in [2.45, 2.75) is 25.8 Å². The van der Waals surface area contributed by atoms with Crippen LogP contribution < -0.4 is 11.1 Å². The van der Waals surface area contributed by atoms with Crippen molar-refractivity contribution >= 4 is 46.6 Å². The molecule has 0 aromatic heterocycles. The zero-order chi connectivity index (χ0) is 11.3. The Morgan fingerprint density at radius 2 is 2.00 bits per heavy atom. The summed E-state index contributed by atoms with van der Waals surface area (Å²) in [4.78, 5) is 11.4. The standard InChI is InChI=1S/C11H15IN2O.ClH/c1-8(13)2-7-11(15)14-10-5-3-9(12)4-6-10;/h3-6,8H,2,7,13H2,1H3,(H,14,15);1H. The fourth-order valence-corrected chi connectivity index (χ4v) is 1.48. The van der Waals surface area contributed by atoms with Crippen LogP contribution in [0.2, 0.25) is 0 Å². The Hall–Kier alpha value is -0.330. The van der Waals surface area contributed by atoms with Gasteiger partial charge in [-0.1, -0.05) is 0 Å². The highest BCUT2D eigenvalue weighted by atomic mass is 127. The van der Waals surface area contributed by atoms with Crippen molar-refractivity contribution in [3.8, 4) is 0 Å². The summed E-state index contributed by atoms with van der Waals surface area (Å²) >= 11 is 2.23. The van der Waals surface area contributed by atoms with Gasteiger partial charge in [-0.2, -0.15) is 0 Å². The minimum atomic E-state index is 0. The lowest BCUT2D eigenvalue weighted by Crippen LogP contribution is -2.19. The van der Waals surface area contributed by atoms with Crippen LogP contribution in [0, 0.1) is 3.57 Å². The molecule has 0 fully saturated rings. The molecule has 5 heteroatoms. The Labute approximate surface area is 116 Å². The van der Waals surface area contributed by atoms with Crippen LogP contribution in [-0.4, -0.2) is 11.9 Å². The SMILES string of the molecule is CC(N)CCC(=O)Nc1ccc(I)cc1.Cl. The molecular formula is C11H16ClIN2O. The molecule has 1 atom stereocenters. The molecule has 1 rings (SSSR count). The van der Waals surface area contributed by atoms with Crippen LogP contribution in [0.5, 0.6) is 0 Å². The molecule has 1 aromatic rings. The second-order valence-corrected chi connectivity index (χ2v) is 4.82. The van der Waals surface area contributed by atoms with Crippen molar-refractivity contribution in [1.29, 1.82) is 0 Å². The Morgan fingerprint density at radius 3 is 2.50 bits per heavy atom. The van der Waals surface area contributed by atoms with E-state index in [1.165, 1.54) is 0 Å². The fraction of sp³-hybridized carbons (Fsp3) is 0.364. The highest BCUT2D eigenvalue weighted by Gasteiger charge is 2.03. The predicted molar refractivity (Wildman–Crippen MR) is 77.9 cm³/mol. The summed E-state index contributed by atoms with van der Waals surface area (Å²) < 4.78 is 1.15. The first-order valence-electron chi connectivity index (χ1n) is 4.89. The number of rotatable bonds is 4. The number of carbonyl (C=O) groups is 1.